The maximum atomic E-state index is 6.73. The van der Waals surface area contributed by atoms with Crippen molar-refractivity contribution < 1.29 is 8.98 Å². The van der Waals surface area contributed by atoms with Crippen LogP contribution in [-0.2, 0) is 12.5 Å². The molecule has 0 fully saturated rings. The summed E-state index contributed by atoms with van der Waals surface area (Å²) in [6, 6.07) is 17.3. The first-order valence-electron chi connectivity index (χ1n) is 10.4. The van der Waals surface area contributed by atoms with Crippen LogP contribution < -0.4 is 4.57 Å². The number of aryl methyl sites for hydroxylation is 2. The number of furan rings is 1. The van der Waals surface area contributed by atoms with Crippen LogP contribution in [0.4, 0.5) is 0 Å². The van der Waals surface area contributed by atoms with Crippen molar-refractivity contribution in [1.29, 1.82) is 0 Å². The number of aromatic nitrogens is 2. The fourth-order valence-electron chi connectivity index (χ4n) is 5.15. The van der Waals surface area contributed by atoms with Gasteiger partial charge in [-0.1, -0.05) is 38.1 Å². The molecule has 1 aliphatic carbocycles. The van der Waals surface area contributed by atoms with Gasteiger partial charge >= 0.3 is 0 Å². The fraction of sp³-hybridized carbons (Fsp3) is 0.185. The van der Waals surface area contributed by atoms with Crippen LogP contribution in [0.3, 0.4) is 0 Å². The number of fused-ring (bicyclic) bond motifs is 7. The second-order valence-electron chi connectivity index (χ2n) is 8.84. The lowest BCUT2D eigenvalue weighted by Crippen LogP contribution is -2.30. The first-order valence-corrected chi connectivity index (χ1v) is 10.4. The molecular weight excluding hydrogens is 368 g/mol. The van der Waals surface area contributed by atoms with E-state index in [0.29, 0.717) is 0 Å². The summed E-state index contributed by atoms with van der Waals surface area (Å²) in [6.07, 6.45) is 5.97. The molecule has 0 spiro atoms. The molecular formula is C27H23N2O+. The molecule has 30 heavy (non-hydrogen) atoms. The quantitative estimate of drug-likeness (QED) is 0.324. The Kier molecular flexibility index (Phi) is 3.36. The fourth-order valence-corrected chi connectivity index (χ4v) is 5.15. The lowest BCUT2D eigenvalue weighted by molar-refractivity contribution is -0.660. The van der Waals surface area contributed by atoms with Crippen LogP contribution >= 0.6 is 0 Å². The second-order valence-corrected chi connectivity index (χ2v) is 8.84. The molecule has 2 aromatic carbocycles. The van der Waals surface area contributed by atoms with Crippen molar-refractivity contribution in [3.8, 4) is 22.4 Å². The summed E-state index contributed by atoms with van der Waals surface area (Å²) in [7, 11) is 2.08. The molecule has 3 heteroatoms. The van der Waals surface area contributed by atoms with Crippen molar-refractivity contribution in [2.45, 2.75) is 26.2 Å². The van der Waals surface area contributed by atoms with Crippen LogP contribution in [0.25, 0.3) is 44.3 Å². The normalized spacial score (nSPS) is 14.3. The number of hydrogen-bond acceptors (Lipinski definition) is 2. The standard InChI is InChI=1S/C27H23N2O/c1-16-8-9-17-18-10-11-20-24(19-12-13-28-15-21(19)27(20,2)3)26(18)30-25(17)23(16)22-7-5-6-14-29(22)4/h5-15H,1-4H3/q+1. The summed E-state index contributed by atoms with van der Waals surface area (Å²) in [4.78, 5) is 4.40. The van der Waals surface area contributed by atoms with E-state index in [1.807, 2.05) is 12.4 Å². The molecule has 6 rings (SSSR count). The van der Waals surface area contributed by atoms with Gasteiger partial charge in [0.25, 0.3) is 0 Å². The molecule has 146 valence electrons. The zero-order chi connectivity index (χ0) is 20.6. The van der Waals surface area contributed by atoms with Gasteiger partial charge in [0.1, 0.15) is 18.2 Å². The van der Waals surface area contributed by atoms with E-state index in [-0.39, 0.29) is 5.41 Å². The van der Waals surface area contributed by atoms with E-state index in [0.717, 1.165) is 27.8 Å². The van der Waals surface area contributed by atoms with Crippen molar-refractivity contribution in [3.05, 3.63) is 83.8 Å². The van der Waals surface area contributed by atoms with Gasteiger partial charge < -0.3 is 4.42 Å². The van der Waals surface area contributed by atoms with Crippen LogP contribution in [0.15, 0.2) is 71.5 Å². The summed E-state index contributed by atoms with van der Waals surface area (Å²) >= 11 is 0. The SMILES string of the molecule is Cc1ccc2c(oc3c4c(ccc32)C(C)(C)c2cnccc2-4)c1-c1cccc[n+]1C. The maximum Gasteiger partial charge on any atom is 0.216 e. The highest BCUT2D eigenvalue weighted by Crippen LogP contribution is 2.52. The Morgan fingerprint density at radius 2 is 1.63 bits per heavy atom. The third kappa shape index (κ3) is 2.10. The van der Waals surface area contributed by atoms with Gasteiger partial charge in [-0.05, 0) is 41.3 Å². The van der Waals surface area contributed by atoms with Gasteiger partial charge in [-0.2, -0.15) is 0 Å². The van der Waals surface area contributed by atoms with E-state index in [1.165, 1.54) is 33.2 Å². The Bertz CT molecular complexity index is 1490. The van der Waals surface area contributed by atoms with Gasteiger partial charge in [-0.25, -0.2) is 4.57 Å². The topological polar surface area (TPSA) is 29.9 Å². The number of benzene rings is 2. The van der Waals surface area contributed by atoms with E-state index >= 15 is 0 Å². The van der Waals surface area contributed by atoms with Crippen LogP contribution in [0.2, 0.25) is 0 Å². The molecule has 0 N–H and O–H groups in total. The smallest absolute Gasteiger partial charge is 0.216 e. The third-order valence-corrected chi connectivity index (χ3v) is 6.77. The molecule has 0 unspecified atom stereocenters. The summed E-state index contributed by atoms with van der Waals surface area (Å²) in [6.45, 7) is 6.70. The maximum absolute atomic E-state index is 6.73. The number of nitrogens with zero attached hydrogens (tertiary/aromatic N) is 2. The summed E-state index contributed by atoms with van der Waals surface area (Å²) in [5, 5.41) is 2.33. The van der Waals surface area contributed by atoms with Gasteiger partial charge in [0.15, 0.2) is 6.20 Å². The van der Waals surface area contributed by atoms with Crippen LogP contribution in [-0.4, -0.2) is 4.98 Å². The molecule has 3 aromatic heterocycles. The third-order valence-electron chi connectivity index (χ3n) is 6.77. The number of pyridine rings is 2. The van der Waals surface area contributed by atoms with Gasteiger partial charge in [0, 0.05) is 46.3 Å². The van der Waals surface area contributed by atoms with Gasteiger partial charge in [-0.15, -0.1) is 0 Å². The molecule has 0 saturated carbocycles. The van der Waals surface area contributed by atoms with Gasteiger partial charge in [0.05, 0.1) is 5.56 Å². The molecule has 3 nitrogen and oxygen atoms in total. The molecule has 5 aromatic rings. The van der Waals surface area contributed by atoms with Crippen LogP contribution in [0.5, 0.6) is 0 Å². The average molecular weight is 391 g/mol. The Morgan fingerprint density at radius 3 is 2.43 bits per heavy atom. The van der Waals surface area contributed by atoms with Crippen molar-refractivity contribution in [1.82, 2.24) is 4.98 Å². The largest absolute Gasteiger partial charge is 0.454 e. The second kappa shape index (κ2) is 5.79. The molecule has 0 radical (unpaired) electrons. The first kappa shape index (κ1) is 17.4. The monoisotopic (exact) mass is 391 g/mol. The zero-order valence-corrected chi connectivity index (χ0v) is 17.7. The number of rotatable bonds is 1. The summed E-state index contributed by atoms with van der Waals surface area (Å²) in [5.74, 6) is 0. The van der Waals surface area contributed by atoms with Crippen molar-refractivity contribution in [3.63, 3.8) is 0 Å². The average Bonchev–Trinajstić information content (AvgIpc) is 3.22. The molecule has 0 bridgehead atoms. The van der Waals surface area contributed by atoms with E-state index in [2.05, 4.69) is 92.1 Å². The first-order chi connectivity index (χ1) is 14.5. The Balaban J connectivity index is 1.77. The van der Waals surface area contributed by atoms with Gasteiger partial charge in [-0.3, -0.25) is 4.98 Å². The minimum atomic E-state index is -0.0866. The predicted octanol–water partition coefficient (Wildman–Crippen LogP) is 6.09. The highest BCUT2D eigenvalue weighted by Gasteiger charge is 2.38. The lowest BCUT2D eigenvalue weighted by atomic mass is 9.83. The van der Waals surface area contributed by atoms with Crippen molar-refractivity contribution >= 4 is 21.9 Å². The molecule has 1 aliphatic rings. The van der Waals surface area contributed by atoms with Crippen LogP contribution in [0, 0.1) is 6.92 Å². The minimum absolute atomic E-state index is 0.0866. The number of hydrogen-bond donors (Lipinski definition) is 0. The molecule has 0 saturated heterocycles. The predicted molar refractivity (Wildman–Crippen MR) is 120 cm³/mol. The van der Waals surface area contributed by atoms with E-state index in [4.69, 9.17) is 4.42 Å². The van der Waals surface area contributed by atoms with E-state index in [1.54, 1.807) is 0 Å². The Labute approximate surface area is 175 Å². The van der Waals surface area contributed by atoms with Gasteiger partial charge in [0.2, 0.25) is 5.69 Å². The molecule has 0 atom stereocenters. The molecule has 0 amide bonds. The zero-order valence-electron chi connectivity index (χ0n) is 17.7. The molecule has 0 aliphatic heterocycles. The lowest BCUT2D eigenvalue weighted by Gasteiger charge is -2.20. The van der Waals surface area contributed by atoms with E-state index in [9.17, 15) is 0 Å². The van der Waals surface area contributed by atoms with Crippen molar-refractivity contribution in [2.75, 3.05) is 0 Å². The highest BCUT2D eigenvalue weighted by atomic mass is 16.3. The highest BCUT2D eigenvalue weighted by molar-refractivity contribution is 6.14. The Hall–Kier alpha value is -3.46. The van der Waals surface area contributed by atoms with Crippen molar-refractivity contribution in [2.24, 2.45) is 7.05 Å². The minimum Gasteiger partial charge on any atom is -0.454 e. The molecule has 3 heterocycles. The summed E-state index contributed by atoms with van der Waals surface area (Å²) < 4.78 is 8.89. The summed E-state index contributed by atoms with van der Waals surface area (Å²) in [5.41, 5.74) is 10.4. The van der Waals surface area contributed by atoms with Crippen LogP contribution in [0.1, 0.15) is 30.5 Å². The van der Waals surface area contributed by atoms with E-state index < -0.39 is 0 Å². The Morgan fingerprint density at radius 1 is 0.867 bits per heavy atom.